The standard InChI is InChI=1S/C16H30N2O/c1-2-10-16(11-12-17-13-16)15(19)18-14-8-6-4-3-5-7-9-14/h14,17H,2-13H2,1H3,(H,18,19). The van der Waals surface area contributed by atoms with Crippen LogP contribution in [0.5, 0.6) is 0 Å². The minimum Gasteiger partial charge on any atom is -0.353 e. The van der Waals surface area contributed by atoms with Gasteiger partial charge < -0.3 is 10.6 Å². The van der Waals surface area contributed by atoms with Gasteiger partial charge in [-0.2, -0.15) is 0 Å². The Morgan fingerprint density at radius 1 is 1.21 bits per heavy atom. The summed E-state index contributed by atoms with van der Waals surface area (Å²) in [6.07, 6.45) is 12.1. The van der Waals surface area contributed by atoms with Gasteiger partial charge in [0.15, 0.2) is 0 Å². The van der Waals surface area contributed by atoms with Gasteiger partial charge in [0.05, 0.1) is 5.41 Å². The number of nitrogens with one attached hydrogen (secondary N) is 2. The predicted octanol–water partition coefficient (Wildman–Crippen LogP) is 3.00. The number of rotatable bonds is 4. The summed E-state index contributed by atoms with van der Waals surface area (Å²) in [5.41, 5.74) is -0.114. The largest absolute Gasteiger partial charge is 0.353 e. The van der Waals surface area contributed by atoms with Crippen molar-refractivity contribution in [3.05, 3.63) is 0 Å². The monoisotopic (exact) mass is 266 g/mol. The first-order valence-electron chi connectivity index (χ1n) is 8.28. The van der Waals surface area contributed by atoms with Crippen LogP contribution >= 0.6 is 0 Å². The molecule has 1 aliphatic heterocycles. The van der Waals surface area contributed by atoms with E-state index >= 15 is 0 Å². The molecule has 3 nitrogen and oxygen atoms in total. The third-order valence-corrected chi connectivity index (χ3v) is 4.89. The summed E-state index contributed by atoms with van der Waals surface area (Å²) in [5, 5.41) is 6.75. The second-order valence-electron chi connectivity index (χ2n) is 6.47. The van der Waals surface area contributed by atoms with Crippen LogP contribution in [0.2, 0.25) is 0 Å². The van der Waals surface area contributed by atoms with Crippen LogP contribution in [0.25, 0.3) is 0 Å². The van der Waals surface area contributed by atoms with Crippen LogP contribution in [-0.2, 0) is 4.79 Å². The molecule has 1 saturated heterocycles. The Morgan fingerprint density at radius 2 is 1.89 bits per heavy atom. The second-order valence-corrected chi connectivity index (χ2v) is 6.47. The molecule has 0 bridgehead atoms. The molecule has 2 aliphatic rings. The number of carbonyl (C=O) groups is 1. The van der Waals surface area contributed by atoms with Gasteiger partial charge in [0.25, 0.3) is 0 Å². The lowest BCUT2D eigenvalue weighted by Crippen LogP contribution is -2.47. The zero-order valence-corrected chi connectivity index (χ0v) is 12.5. The highest BCUT2D eigenvalue weighted by molar-refractivity contribution is 5.83. The van der Waals surface area contributed by atoms with Gasteiger partial charge in [0, 0.05) is 12.6 Å². The van der Waals surface area contributed by atoms with Gasteiger partial charge in [-0.15, -0.1) is 0 Å². The molecule has 2 rings (SSSR count). The first-order chi connectivity index (χ1) is 9.27. The minimum atomic E-state index is -0.114. The van der Waals surface area contributed by atoms with E-state index in [1.54, 1.807) is 0 Å². The van der Waals surface area contributed by atoms with E-state index in [4.69, 9.17) is 0 Å². The van der Waals surface area contributed by atoms with Gasteiger partial charge >= 0.3 is 0 Å². The van der Waals surface area contributed by atoms with E-state index in [-0.39, 0.29) is 5.41 Å². The minimum absolute atomic E-state index is 0.114. The van der Waals surface area contributed by atoms with E-state index in [0.29, 0.717) is 11.9 Å². The smallest absolute Gasteiger partial charge is 0.227 e. The van der Waals surface area contributed by atoms with Crippen molar-refractivity contribution in [1.82, 2.24) is 10.6 Å². The van der Waals surface area contributed by atoms with Gasteiger partial charge in [-0.25, -0.2) is 0 Å². The van der Waals surface area contributed by atoms with E-state index in [9.17, 15) is 4.79 Å². The lowest BCUT2D eigenvalue weighted by molar-refractivity contribution is -0.131. The first-order valence-corrected chi connectivity index (χ1v) is 8.28. The summed E-state index contributed by atoms with van der Waals surface area (Å²) in [6.45, 7) is 4.06. The van der Waals surface area contributed by atoms with Crippen LogP contribution in [0.1, 0.15) is 71.1 Å². The van der Waals surface area contributed by atoms with E-state index in [0.717, 1.165) is 32.4 Å². The zero-order valence-electron chi connectivity index (χ0n) is 12.5. The third-order valence-electron chi connectivity index (χ3n) is 4.89. The molecular formula is C16H30N2O. The van der Waals surface area contributed by atoms with E-state index in [2.05, 4.69) is 17.6 Å². The molecule has 1 unspecified atom stereocenters. The van der Waals surface area contributed by atoms with E-state index in [1.165, 1.54) is 44.9 Å². The zero-order chi connectivity index (χ0) is 13.6. The predicted molar refractivity (Wildman–Crippen MR) is 79.1 cm³/mol. The van der Waals surface area contributed by atoms with Gasteiger partial charge in [0.2, 0.25) is 5.91 Å². The maximum atomic E-state index is 12.7. The van der Waals surface area contributed by atoms with Crippen molar-refractivity contribution in [2.45, 2.75) is 77.2 Å². The average molecular weight is 266 g/mol. The van der Waals surface area contributed by atoms with Crippen molar-refractivity contribution in [3.63, 3.8) is 0 Å². The number of carbonyl (C=O) groups excluding carboxylic acids is 1. The summed E-state index contributed by atoms with van der Waals surface area (Å²) >= 11 is 0. The fourth-order valence-corrected chi connectivity index (χ4v) is 3.68. The molecule has 0 spiro atoms. The number of amides is 1. The molecule has 19 heavy (non-hydrogen) atoms. The number of hydrogen-bond donors (Lipinski definition) is 2. The van der Waals surface area contributed by atoms with Crippen LogP contribution in [0.4, 0.5) is 0 Å². The fraction of sp³-hybridized carbons (Fsp3) is 0.938. The maximum Gasteiger partial charge on any atom is 0.227 e. The average Bonchev–Trinajstić information content (AvgIpc) is 2.82. The molecule has 0 radical (unpaired) electrons. The molecule has 1 atom stereocenters. The highest BCUT2D eigenvalue weighted by atomic mass is 16.2. The van der Waals surface area contributed by atoms with Gasteiger partial charge in [-0.3, -0.25) is 4.79 Å². The molecule has 0 aromatic heterocycles. The Hall–Kier alpha value is -0.570. The molecule has 2 N–H and O–H groups in total. The molecule has 1 aliphatic carbocycles. The molecule has 110 valence electrons. The highest BCUT2D eigenvalue weighted by Gasteiger charge is 2.40. The molecule has 1 heterocycles. The molecule has 0 aromatic carbocycles. The Labute approximate surface area is 117 Å². The lowest BCUT2D eigenvalue weighted by Gasteiger charge is -2.30. The lowest BCUT2D eigenvalue weighted by atomic mass is 9.81. The van der Waals surface area contributed by atoms with Crippen LogP contribution in [0, 0.1) is 5.41 Å². The second kappa shape index (κ2) is 7.28. The summed E-state index contributed by atoms with van der Waals surface area (Å²) in [5.74, 6) is 0.324. The summed E-state index contributed by atoms with van der Waals surface area (Å²) in [6, 6.07) is 0.433. The molecule has 3 heteroatoms. The Bertz CT molecular complexity index is 276. The topological polar surface area (TPSA) is 41.1 Å². The fourth-order valence-electron chi connectivity index (χ4n) is 3.68. The van der Waals surface area contributed by atoms with Crippen LogP contribution in [0.15, 0.2) is 0 Å². The molecule has 1 saturated carbocycles. The van der Waals surface area contributed by atoms with Gasteiger partial charge in [0.1, 0.15) is 0 Å². The van der Waals surface area contributed by atoms with Crippen LogP contribution in [-0.4, -0.2) is 25.0 Å². The first kappa shape index (κ1) is 14.8. The normalized spacial score (nSPS) is 29.7. The van der Waals surface area contributed by atoms with Gasteiger partial charge in [-0.1, -0.05) is 45.4 Å². The van der Waals surface area contributed by atoms with E-state index in [1.807, 2.05) is 0 Å². The molecular weight excluding hydrogens is 236 g/mol. The summed E-state index contributed by atoms with van der Waals surface area (Å²) in [4.78, 5) is 12.7. The van der Waals surface area contributed by atoms with Crippen molar-refractivity contribution in [2.75, 3.05) is 13.1 Å². The van der Waals surface area contributed by atoms with Crippen molar-refractivity contribution < 1.29 is 4.79 Å². The number of hydrogen-bond acceptors (Lipinski definition) is 2. The Morgan fingerprint density at radius 3 is 2.47 bits per heavy atom. The van der Waals surface area contributed by atoms with Crippen molar-refractivity contribution >= 4 is 5.91 Å². The molecule has 2 fully saturated rings. The summed E-state index contributed by atoms with van der Waals surface area (Å²) < 4.78 is 0. The van der Waals surface area contributed by atoms with Crippen LogP contribution < -0.4 is 10.6 Å². The van der Waals surface area contributed by atoms with Crippen LogP contribution in [0.3, 0.4) is 0 Å². The quantitative estimate of drug-likeness (QED) is 0.821. The van der Waals surface area contributed by atoms with Crippen molar-refractivity contribution in [1.29, 1.82) is 0 Å². The van der Waals surface area contributed by atoms with Crippen molar-refractivity contribution in [2.24, 2.45) is 5.41 Å². The van der Waals surface area contributed by atoms with Crippen molar-refractivity contribution in [3.8, 4) is 0 Å². The Balaban J connectivity index is 1.90. The maximum absolute atomic E-state index is 12.7. The molecule has 0 aromatic rings. The Kier molecular flexibility index (Phi) is 5.68. The third kappa shape index (κ3) is 3.95. The van der Waals surface area contributed by atoms with Gasteiger partial charge in [-0.05, 0) is 32.2 Å². The SMILES string of the molecule is CCCC1(C(=O)NC2CCCCCCC2)CCNC1. The summed E-state index contributed by atoms with van der Waals surface area (Å²) in [7, 11) is 0. The van der Waals surface area contributed by atoms with E-state index < -0.39 is 0 Å². The molecule has 1 amide bonds. The highest BCUT2D eigenvalue weighted by Crippen LogP contribution is 2.32.